The molecular weight excluding hydrogens is 283 g/mol. The van der Waals surface area contributed by atoms with E-state index >= 15 is 0 Å². The van der Waals surface area contributed by atoms with E-state index in [1.165, 1.54) is 20.0 Å². The van der Waals surface area contributed by atoms with Gasteiger partial charge in [-0.05, 0) is 43.4 Å². The van der Waals surface area contributed by atoms with E-state index in [0.717, 1.165) is 24.9 Å². The highest BCUT2D eigenvalue weighted by Crippen LogP contribution is 2.27. The van der Waals surface area contributed by atoms with Crippen LogP contribution in [-0.4, -0.2) is 32.2 Å². The summed E-state index contributed by atoms with van der Waals surface area (Å²) in [5, 5.41) is 3.45. The van der Waals surface area contributed by atoms with Crippen molar-refractivity contribution in [2.24, 2.45) is 5.92 Å². The van der Waals surface area contributed by atoms with Crippen LogP contribution in [0.2, 0.25) is 0 Å². The molecule has 1 aromatic carbocycles. The fourth-order valence-corrected chi connectivity index (χ4v) is 2.98. The molecule has 0 aromatic heterocycles. The molecule has 3 rings (SSSR count). The minimum Gasteiger partial charge on any atom is -0.469 e. The van der Waals surface area contributed by atoms with Gasteiger partial charge in [0.2, 0.25) is 0 Å². The average Bonchev–Trinajstić information content (AvgIpc) is 3.38. The van der Waals surface area contributed by atoms with Gasteiger partial charge in [0.25, 0.3) is 0 Å². The third-order valence-electron chi connectivity index (χ3n) is 4.55. The van der Waals surface area contributed by atoms with Crippen LogP contribution < -0.4 is 10.2 Å². The molecule has 1 aliphatic carbocycles. The highest BCUT2D eigenvalue weighted by Gasteiger charge is 2.27. The van der Waals surface area contributed by atoms with Crippen LogP contribution in [0.5, 0.6) is 0 Å². The van der Waals surface area contributed by atoms with Gasteiger partial charge in [-0.1, -0.05) is 6.07 Å². The molecule has 1 N–H and O–H groups in total. The van der Waals surface area contributed by atoms with Crippen LogP contribution in [0, 0.1) is 11.7 Å². The van der Waals surface area contributed by atoms with Gasteiger partial charge in [0.1, 0.15) is 5.82 Å². The number of hydrogen-bond acceptors (Lipinski definition) is 4. The fourth-order valence-electron chi connectivity index (χ4n) is 2.98. The van der Waals surface area contributed by atoms with Crippen molar-refractivity contribution in [2.45, 2.75) is 38.3 Å². The summed E-state index contributed by atoms with van der Waals surface area (Å²) in [6.45, 7) is 2.17. The van der Waals surface area contributed by atoms with Crippen molar-refractivity contribution in [3.63, 3.8) is 0 Å². The number of ether oxygens (including phenoxy) is 1. The van der Waals surface area contributed by atoms with Crippen molar-refractivity contribution in [2.75, 3.05) is 25.1 Å². The number of halogens is 1. The first-order valence-corrected chi connectivity index (χ1v) is 8.02. The number of rotatable bonds is 5. The van der Waals surface area contributed by atoms with Gasteiger partial charge < -0.3 is 15.0 Å². The van der Waals surface area contributed by atoms with Gasteiger partial charge in [0.05, 0.1) is 18.7 Å². The fraction of sp³-hybridized carbons (Fsp3) is 0.588. The molecule has 0 spiro atoms. The summed E-state index contributed by atoms with van der Waals surface area (Å²) in [6, 6.07) is 5.97. The molecule has 0 unspecified atom stereocenters. The van der Waals surface area contributed by atoms with Gasteiger partial charge in [-0.25, -0.2) is 4.39 Å². The Balaban J connectivity index is 1.63. The topological polar surface area (TPSA) is 41.6 Å². The lowest BCUT2D eigenvalue weighted by Gasteiger charge is -2.32. The third kappa shape index (κ3) is 3.58. The Morgan fingerprint density at radius 2 is 2.05 bits per heavy atom. The van der Waals surface area contributed by atoms with Crippen LogP contribution in [0.3, 0.4) is 0 Å². The molecule has 1 aliphatic heterocycles. The standard InChI is InChI=1S/C17H23FN2O2/c1-22-17(21)13-6-8-20(9-7-13)16-10-12(2-5-15(16)18)11-19-14-3-4-14/h2,5,10,13-14,19H,3-4,6-9,11H2,1H3. The molecule has 0 bridgehead atoms. The van der Waals surface area contributed by atoms with E-state index in [1.807, 2.05) is 17.0 Å². The zero-order valence-corrected chi connectivity index (χ0v) is 13.0. The summed E-state index contributed by atoms with van der Waals surface area (Å²) in [7, 11) is 1.42. The largest absolute Gasteiger partial charge is 0.469 e. The zero-order chi connectivity index (χ0) is 15.5. The smallest absolute Gasteiger partial charge is 0.308 e. The molecule has 1 aromatic rings. The zero-order valence-electron chi connectivity index (χ0n) is 13.0. The number of carbonyl (C=O) groups excluding carboxylic acids is 1. The second-order valence-corrected chi connectivity index (χ2v) is 6.23. The molecule has 1 saturated carbocycles. The monoisotopic (exact) mass is 306 g/mol. The Morgan fingerprint density at radius 3 is 2.68 bits per heavy atom. The van der Waals surface area contributed by atoms with Crippen molar-refractivity contribution in [1.82, 2.24) is 5.32 Å². The van der Waals surface area contributed by atoms with E-state index in [0.29, 0.717) is 24.8 Å². The van der Waals surface area contributed by atoms with Crippen LogP contribution in [-0.2, 0) is 16.1 Å². The summed E-state index contributed by atoms with van der Waals surface area (Å²) in [6.07, 6.45) is 3.93. The van der Waals surface area contributed by atoms with Gasteiger partial charge in [0, 0.05) is 25.7 Å². The molecule has 120 valence electrons. The summed E-state index contributed by atoms with van der Waals surface area (Å²) in [4.78, 5) is 13.6. The number of benzene rings is 1. The summed E-state index contributed by atoms with van der Waals surface area (Å²) < 4.78 is 18.9. The lowest BCUT2D eigenvalue weighted by atomic mass is 9.96. The number of nitrogens with one attached hydrogen (secondary N) is 1. The highest BCUT2D eigenvalue weighted by molar-refractivity contribution is 5.72. The van der Waals surface area contributed by atoms with Crippen molar-refractivity contribution in [3.05, 3.63) is 29.6 Å². The summed E-state index contributed by atoms with van der Waals surface area (Å²) in [5.41, 5.74) is 1.76. The van der Waals surface area contributed by atoms with Gasteiger partial charge in [-0.3, -0.25) is 4.79 Å². The molecule has 1 heterocycles. The number of carbonyl (C=O) groups is 1. The minimum atomic E-state index is -0.188. The maximum Gasteiger partial charge on any atom is 0.308 e. The first kappa shape index (κ1) is 15.3. The van der Waals surface area contributed by atoms with E-state index in [-0.39, 0.29) is 17.7 Å². The second kappa shape index (κ2) is 6.65. The van der Waals surface area contributed by atoms with Gasteiger partial charge in [-0.2, -0.15) is 0 Å². The van der Waals surface area contributed by atoms with Gasteiger partial charge >= 0.3 is 5.97 Å². The van der Waals surface area contributed by atoms with Gasteiger partial charge in [-0.15, -0.1) is 0 Å². The van der Waals surface area contributed by atoms with E-state index in [4.69, 9.17) is 4.74 Å². The molecule has 22 heavy (non-hydrogen) atoms. The van der Waals surface area contributed by atoms with E-state index < -0.39 is 0 Å². The highest BCUT2D eigenvalue weighted by atomic mass is 19.1. The van der Waals surface area contributed by atoms with Crippen LogP contribution in [0.4, 0.5) is 10.1 Å². The molecule has 1 saturated heterocycles. The molecule has 0 radical (unpaired) electrons. The van der Waals surface area contributed by atoms with Gasteiger partial charge in [0.15, 0.2) is 0 Å². The lowest BCUT2D eigenvalue weighted by molar-refractivity contribution is -0.146. The van der Waals surface area contributed by atoms with E-state index in [2.05, 4.69) is 5.32 Å². The maximum absolute atomic E-state index is 14.1. The second-order valence-electron chi connectivity index (χ2n) is 6.23. The van der Waals surface area contributed by atoms with E-state index in [1.54, 1.807) is 6.07 Å². The predicted molar refractivity (Wildman–Crippen MR) is 83.2 cm³/mol. The first-order valence-electron chi connectivity index (χ1n) is 8.02. The summed E-state index contributed by atoms with van der Waals surface area (Å²) >= 11 is 0. The maximum atomic E-state index is 14.1. The van der Waals surface area contributed by atoms with Crippen LogP contribution in [0.15, 0.2) is 18.2 Å². The number of piperidine rings is 1. The van der Waals surface area contributed by atoms with Crippen molar-refractivity contribution < 1.29 is 13.9 Å². The van der Waals surface area contributed by atoms with Crippen LogP contribution in [0.25, 0.3) is 0 Å². The number of hydrogen-bond donors (Lipinski definition) is 1. The Morgan fingerprint density at radius 1 is 1.32 bits per heavy atom. The van der Waals surface area contributed by atoms with Crippen molar-refractivity contribution in [1.29, 1.82) is 0 Å². The Bertz CT molecular complexity index is 537. The number of methoxy groups -OCH3 is 1. The van der Waals surface area contributed by atoms with Crippen LogP contribution in [0.1, 0.15) is 31.2 Å². The third-order valence-corrected chi connectivity index (χ3v) is 4.55. The molecule has 4 nitrogen and oxygen atoms in total. The normalized spacial score (nSPS) is 19.3. The molecule has 2 aliphatic rings. The minimum absolute atomic E-state index is 0.0518. The molecule has 0 atom stereocenters. The van der Waals surface area contributed by atoms with Crippen LogP contribution >= 0.6 is 0 Å². The SMILES string of the molecule is COC(=O)C1CCN(c2cc(CNC3CC3)ccc2F)CC1. The lowest BCUT2D eigenvalue weighted by Crippen LogP contribution is -2.37. The van der Waals surface area contributed by atoms with E-state index in [9.17, 15) is 9.18 Å². The molecule has 5 heteroatoms. The average molecular weight is 306 g/mol. The molecule has 2 fully saturated rings. The molecule has 0 amide bonds. The van der Waals surface area contributed by atoms with Crippen molar-refractivity contribution >= 4 is 11.7 Å². The first-order chi connectivity index (χ1) is 10.7. The number of nitrogens with zero attached hydrogens (tertiary/aromatic N) is 1. The summed E-state index contributed by atoms with van der Waals surface area (Å²) in [5.74, 6) is -0.391. The van der Waals surface area contributed by atoms with Crippen molar-refractivity contribution in [3.8, 4) is 0 Å². The number of esters is 1. The Labute approximate surface area is 130 Å². The Hall–Kier alpha value is -1.62. The predicted octanol–water partition coefficient (Wildman–Crippen LogP) is 2.47. The Kier molecular flexibility index (Phi) is 4.62. The quantitative estimate of drug-likeness (QED) is 0.849. The molecular formula is C17H23FN2O2. The number of anilines is 1.